The van der Waals surface area contributed by atoms with Gasteiger partial charge in [-0.05, 0) is 47.4 Å². The molecule has 0 saturated carbocycles. The Labute approximate surface area is 199 Å². The van der Waals surface area contributed by atoms with Crippen molar-refractivity contribution in [3.05, 3.63) is 99.5 Å². The molecule has 1 atom stereocenters. The van der Waals surface area contributed by atoms with Crippen LogP contribution >= 0.6 is 23.2 Å². The van der Waals surface area contributed by atoms with Crippen molar-refractivity contribution in [3.63, 3.8) is 0 Å². The summed E-state index contributed by atoms with van der Waals surface area (Å²) in [5.41, 5.74) is 2.81. The number of amides is 1. The fourth-order valence-electron chi connectivity index (χ4n) is 3.21. The van der Waals surface area contributed by atoms with Crippen LogP contribution in [0.1, 0.15) is 34.3 Å². The maximum atomic E-state index is 12.5. The first-order chi connectivity index (χ1) is 15.1. The quantitative estimate of drug-likeness (QED) is 0.453. The van der Waals surface area contributed by atoms with Gasteiger partial charge in [0.15, 0.2) is 0 Å². The lowest BCUT2D eigenvalue weighted by atomic mass is 10.0. The van der Waals surface area contributed by atoms with E-state index in [2.05, 4.69) is 12.2 Å². The molecule has 5 nitrogen and oxygen atoms in total. The molecule has 0 aliphatic heterocycles. The lowest BCUT2D eigenvalue weighted by Gasteiger charge is -2.23. The summed E-state index contributed by atoms with van der Waals surface area (Å²) in [6, 6.07) is 21.5. The van der Waals surface area contributed by atoms with E-state index in [1.165, 1.54) is 10.4 Å². The monoisotopic (exact) mass is 490 g/mol. The number of carbonyl (C=O) groups is 1. The van der Waals surface area contributed by atoms with Crippen molar-refractivity contribution in [2.75, 3.05) is 17.1 Å². The minimum absolute atomic E-state index is 0.101. The largest absolute Gasteiger partial charge is 0.351 e. The van der Waals surface area contributed by atoms with Crippen LogP contribution in [0.25, 0.3) is 0 Å². The van der Waals surface area contributed by atoms with Gasteiger partial charge in [-0.2, -0.15) is 0 Å². The number of halogens is 2. The zero-order chi connectivity index (χ0) is 23.3. The van der Waals surface area contributed by atoms with Crippen molar-refractivity contribution in [2.24, 2.45) is 0 Å². The summed E-state index contributed by atoms with van der Waals surface area (Å²) in [7, 11) is -3.56. The molecule has 1 N–H and O–H groups in total. The molecule has 0 bridgehead atoms. The van der Waals surface area contributed by atoms with Gasteiger partial charge in [0.05, 0.1) is 28.5 Å². The second-order valence-corrected chi connectivity index (χ2v) is 10.3. The second kappa shape index (κ2) is 10.4. The molecular weight excluding hydrogens is 467 g/mol. The van der Waals surface area contributed by atoms with E-state index in [0.717, 1.165) is 17.4 Å². The normalized spacial score (nSPS) is 12.2. The van der Waals surface area contributed by atoms with Gasteiger partial charge in [0.25, 0.3) is 5.91 Å². The zero-order valence-corrected chi connectivity index (χ0v) is 20.1. The molecule has 3 aromatic carbocycles. The molecule has 8 heteroatoms. The number of carbonyl (C=O) groups excluding carboxylic acids is 1. The van der Waals surface area contributed by atoms with Crippen LogP contribution in [-0.4, -0.2) is 27.1 Å². The Bertz CT molecular complexity index is 1180. The molecular formula is C24H24Cl2N2O3S. The predicted molar refractivity (Wildman–Crippen MR) is 131 cm³/mol. The first-order valence-electron chi connectivity index (χ1n) is 10.00. The molecule has 0 aliphatic rings. The first kappa shape index (κ1) is 24.1. The summed E-state index contributed by atoms with van der Waals surface area (Å²) in [5.74, 6) is 0.0118. The summed E-state index contributed by atoms with van der Waals surface area (Å²) in [6.07, 6.45) is 1.13. The van der Waals surface area contributed by atoms with Gasteiger partial charge < -0.3 is 5.32 Å². The molecule has 0 aliphatic carbocycles. The van der Waals surface area contributed by atoms with E-state index >= 15 is 0 Å². The highest BCUT2D eigenvalue weighted by atomic mass is 35.5. The van der Waals surface area contributed by atoms with E-state index in [0.29, 0.717) is 22.8 Å². The molecule has 0 spiro atoms. The van der Waals surface area contributed by atoms with Crippen LogP contribution in [0.5, 0.6) is 0 Å². The molecule has 168 valence electrons. The maximum Gasteiger partial charge on any atom is 0.251 e. The third-order valence-corrected chi connectivity index (χ3v) is 6.95. The van der Waals surface area contributed by atoms with Gasteiger partial charge in [0.1, 0.15) is 0 Å². The van der Waals surface area contributed by atoms with Crippen molar-refractivity contribution < 1.29 is 13.2 Å². The Kier molecular flexibility index (Phi) is 7.82. The SMILES string of the molecule is C[C@H](CNC(=O)c1ccc(CN(c2ccc(Cl)c(Cl)c2)S(C)(=O)=O)cc1)c1ccccc1. The summed E-state index contributed by atoms with van der Waals surface area (Å²) < 4.78 is 26.0. The van der Waals surface area contributed by atoms with Crippen LogP contribution < -0.4 is 9.62 Å². The van der Waals surface area contributed by atoms with Crippen LogP contribution in [0.15, 0.2) is 72.8 Å². The number of rotatable bonds is 8. The third-order valence-electron chi connectivity index (χ3n) is 5.07. The third kappa shape index (κ3) is 6.25. The molecule has 0 saturated heterocycles. The topological polar surface area (TPSA) is 66.5 Å². The Hall–Kier alpha value is -2.54. The highest BCUT2D eigenvalue weighted by molar-refractivity contribution is 7.92. The first-order valence-corrected chi connectivity index (χ1v) is 12.6. The molecule has 1 amide bonds. The van der Waals surface area contributed by atoms with Crippen LogP contribution in [0.4, 0.5) is 5.69 Å². The van der Waals surface area contributed by atoms with E-state index in [1.54, 1.807) is 36.4 Å². The molecule has 32 heavy (non-hydrogen) atoms. The average Bonchev–Trinajstić information content (AvgIpc) is 2.78. The van der Waals surface area contributed by atoms with E-state index < -0.39 is 10.0 Å². The van der Waals surface area contributed by atoms with Crippen molar-refractivity contribution in [1.29, 1.82) is 0 Å². The smallest absolute Gasteiger partial charge is 0.251 e. The molecule has 3 aromatic rings. The van der Waals surface area contributed by atoms with Crippen LogP contribution in [0, 0.1) is 0 Å². The molecule has 0 aromatic heterocycles. The standard InChI is InChI=1S/C24H24Cl2N2O3S/c1-17(19-6-4-3-5-7-19)15-27-24(29)20-10-8-18(9-11-20)16-28(32(2,30)31)21-12-13-22(25)23(26)14-21/h3-14,17H,15-16H2,1-2H3,(H,27,29)/t17-/m1/s1. The zero-order valence-electron chi connectivity index (χ0n) is 17.8. The molecule has 3 rings (SSSR count). The number of hydrogen-bond acceptors (Lipinski definition) is 3. The van der Waals surface area contributed by atoms with E-state index in [-0.39, 0.29) is 23.4 Å². The summed E-state index contributed by atoms with van der Waals surface area (Å²) in [6.45, 7) is 2.68. The number of benzene rings is 3. The van der Waals surface area contributed by atoms with Gasteiger partial charge in [0.2, 0.25) is 10.0 Å². The molecule has 0 heterocycles. The fraction of sp³-hybridized carbons (Fsp3) is 0.208. The Morgan fingerprint density at radius 1 is 0.969 bits per heavy atom. The number of nitrogens with zero attached hydrogens (tertiary/aromatic N) is 1. The van der Waals surface area contributed by atoms with Crippen LogP contribution in [0.2, 0.25) is 10.0 Å². The van der Waals surface area contributed by atoms with E-state index in [9.17, 15) is 13.2 Å². The maximum absolute atomic E-state index is 12.5. The summed E-state index contributed by atoms with van der Waals surface area (Å²) in [4.78, 5) is 12.5. The molecule has 0 fully saturated rings. The Morgan fingerprint density at radius 3 is 2.22 bits per heavy atom. The molecule has 0 unspecified atom stereocenters. The van der Waals surface area contributed by atoms with Crippen molar-refractivity contribution in [1.82, 2.24) is 5.32 Å². The Balaban J connectivity index is 1.68. The van der Waals surface area contributed by atoms with Gasteiger partial charge in [0, 0.05) is 12.1 Å². The van der Waals surface area contributed by atoms with Crippen molar-refractivity contribution in [2.45, 2.75) is 19.4 Å². The van der Waals surface area contributed by atoms with Gasteiger partial charge >= 0.3 is 0 Å². The molecule has 0 radical (unpaired) electrons. The van der Waals surface area contributed by atoms with Crippen LogP contribution in [0.3, 0.4) is 0 Å². The van der Waals surface area contributed by atoms with E-state index in [4.69, 9.17) is 23.2 Å². The highest BCUT2D eigenvalue weighted by Crippen LogP contribution is 2.29. The minimum Gasteiger partial charge on any atom is -0.351 e. The van der Waals surface area contributed by atoms with Crippen molar-refractivity contribution in [3.8, 4) is 0 Å². The number of sulfonamides is 1. The predicted octanol–water partition coefficient (Wildman–Crippen LogP) is 5.49. The lowest BCUT2D eigenvalue weighted by Crippen LogP contribution is -2.29. The average molecular weight is 491 g/mol. The second-order valence-electron chi connectivity index (χ2n) is 7.59. The van der Waals surface area contributed by atoms with Gasteiger partial charge in [-0.1, -0.05) is 72.6 Å². The van der Waals surface area contributed by atoms with Crippen LogP contribution in [-0.2, 0) is 16.6 Å². The minimum atomic E-state index is -3.56. The highest BCUT2D eigenvalue weighted by Gasteiger charge is 2.19. The summed E-state index contributed by atoms with van der Waals surface area (Å²) >= 11 is 12.0. The number of nitrogens with one attached hydrogen (secondary N) is 1. The van der Waals surface area contributed by atoms with Gasteiger partial charge in [-0.15, -0.1) is 0 Å². The number of hydrogen-bond donors (Lipinski definition) is 1. The fourth-order valence-corrected chi connectivity index (χ4v) is 4.39. The van der Waals surface area contributed by atoms with Crippen molar-refractivity contribution >= 4 is 44.8 Å². The number of anilines is 1. The Morgan fingerprint density at radius 2 is 1.62 bits per heavy atom. The van der Waals surface area contributed by atoms with Gasteiger partial charge in [-0.3, -0.25) is 9.10 Å². The van der Waals surface area contributed by atoms with E-state index in [1.807, 2.05) is 30.3 Å². The lowest BCUT2D eigenvalue weighted by molar-refractivity contribution is 0.0951. The summed E-state index contributed by atoms with van der Waals surface area (Å²) in [5, 5.41) is 3.57. The van der Waals surface area contributed by atoms with Gasteiger partial charge in [-0.25, -0.2) is 8.42 Å².